The molecule has 0 radical (unpaired) electrons. The molecular formula is C21H22O3. The summed E-state index contributed by atoms with van der Waals surface area (Å²) in [6.45, 7) is 1.79. The minimum Gasteiger partial charge on any atom is -0.482 e. The van der Waals surface area contributed by atoms with Crippen LogP contribution in [0.15, 0.2) is 51.7 Å². The predicted molar refractivity (Wildman–Crippen MR) is 94.2 cm³/mol. The summed E-state index contributed by atoms with van der Waals surface area (Å²) in [7, 11) is 0. The fourth-order valence-corrected chi connectivity index (χ4v) is 4.06. The lowest BCUT2D eigenvalue weighted by Crippen LogP contribution is -2.47. The van der Waals surface area contributed by atoms with Crippen molar-refractivity contribution < 1.29 is 9.15 Å². The van der Waals surface area contributed by atoms with Crippen molar-refractivity contribution in [3.63, 3.8) is 0 Å². The molecular weight excluding hydrogens is 300 g/mol. The molecule has 2 aliphatic rings. The summed E-state index contributed by atoms with van der Waals surface area (Å²) in [6.07, 6.45) is 9.56. The normalized spacial score (nSPS) is 25.3. The first kappa shape index (κ1) is 15.3. The van der Waals surface area contributed by atoms with Gasteiger partial charge in [0.1, 0.15) is 22.7 Å². The molecule has 1 spiro atoms. The van der Waals surface area contributed by atoms with E-state index in [4.69, 9.17) is 9.15 Å². The van der Waals surface area contributed by atoms with Gasteiger partial charge in [-0.2, -0.15) is 0 Å². The molecule has 0 N–H and O–H groups in total. The fraction of sp³-hybridized carbons (Fsp3) is 0.381. The molecule has 0 bridgehead atoms. The lowest BCUT2D eigenvalue weighted by Gasteiger charge is -2.44. The number of aryl methyl sites for hydroxylation is 1. The van der Waals surface area contributed by atoms with Crippen molar-refractivity contribution in [2.45, 2.75) is 44.6 Å². The minimum absolute atomic E-state index is 0.304. The molecule has 1 saturated carbocycles. The first-order valence-corrected chi connectivity index (χ1v) is 8.73. The quantitative estimate of drug-likeness (QED) is 0.815. The van der Waals surface area contributed by atoms with Crippen LogP contribution in [-0.2, 0) is 6.42 Å². The zero-order valence-electron chi connectivity index (χ0n) is 14.0. The Morgan fingerprint density at radius 1 is 1.21 bits per heavy atom. The molecule has 1 aliphatic heterocycles. The zero-order chi connectivity index (χ0) is 16.6. The average Bonchev–Trinajstić information content (AvgIpc) is 2.57. The third-order valence-electron chi connectivity index (χ3n) is 5.29. The molecule has 1 aromatic carbocycles. The third-order valence-corrected chi connectivity index (χ3v) is 5.29. The number of rotatable bonds is 2. The van der Waals surface area contributed by atoms with Crippen molar-refractivity contribution in [1.29, 1.82) is 0 Å². The van der Waals surface area contributed by atoms with E-state index in [1.807, 2.05) is 12.1 Å². The standard InChI is InChI=1S/C21H22O3/c1-15-13-19-18(20(22)23-15)10-12-21(24-19)11-6-5-9-17(21)14-16-7-3-2-4-8-16/h2-4,7-8,10,12-13,17H,5-6,9,11,14H2,1H3/t17-,21-/m1/s1. The van der Waals surface area contributed by atoms with E-state index in [-0.39, 0.29) is 11.2 Å². The number of ether oxygens (including phenoxy) is 1. The van der Waals surface area contributed by atoms with Gasteiger partial charge in [0, 0.05) is 12.0 Å². The summed E-state index contributed by atoms with van der Waals surface area (Å²) in [5.41, 5.74) is 1.26. The van der Waals surface area contributed by atoms with E-state index < -0.39 is 0 Å². The van der Waals surface area contributed by atoms with Crippen LogP contribution in [0.2, 0.25) is 0 Å². The molecule has 3 heteroatoms. The highest BCUT2D eigenvalue weighted by atomic mass is 16.5. The number of fused-ring (bicyclic) bond motifs is 1. The van der Waals surface area contributed by atoms with Crippen molar-refractivity contribution >= 4 is 6.08 Å². The van der Waals surface area contributed by atoms with E-state index in [0.717, 1.165) is 25.7 Å². The summed E-state index contributed by atoms with van der Waals surface area (Å²) in [4.78, 5) is 12.0. The van der Waals surface area contributed by atoms with Gasteiger partial charge in [0.15, 0.2) is 0 Å². The largest absolute Gasteiger partial charge is 0.482 e. The van der Waals surface area contributed by atoms with E-state index in [1.165, 1.54) is 12.0 Å². The summed E-state index contributed by atoms with van der Waals surface area (Å²) in [5, 5.41) is 0. The number of benzene rings is 1. The maximum atomic E-state index is 12.0. The fourth-order valence-electron chi connectivity index (χ4n) is 4.06. The van der Waals surface area contributed by atoms with Gasteiger partial charge < -0.3 is 9.15 Å². The van der Waals surface area contributed by atoms with Crippen LogP contribution in [0.5, 0.6) is 5.75 Å². The van der Waals surface area contributed by atoms with Crippen molar-refractivity contribution in [3.05, 3.63) is 69.8 Å². The Morgan fingerprint density at radius 3 is 2.88 bits per heavy atom. The Kier molecular flexibility index (Phi) is 3.79. The molecule has 3 nitrogen and oxygen atoms in total. The first-order chi connectivity index (χ1) is 11.7. The van der Waals surface area contributed by atoms with Crippen LogP contribution in [0.4, 0.5) is 0 Å². The topological polar surface area (TPSA) is 39.4 Å². The van der Waals surface area contributed by atoms with Crippen molar-refractivity contribution in [2.75, 3.05) is 0 Å². The molecule has 1 fully saturated rings. The SMILES string of the molecule is Cc1cc2c(c(=O)o1)C=C[C@@]1(CCCC[C@@H]1Cc1ccccc1)O2. The molecule has 1 aromatic heterocycles. The number of hydrogen-bond acceptors (Lipinski definition) is 3. The van der Waals surface area contributed by atoms with E-state index in [1.54, 1.807) is 6.92 Å². The number of hydrogen-bond donors (Lipinski definition) is 0. The van der Waals surface area contributed by atoms with E-state index in [0.29, 0.717) is 23.0 Å². The average molecular weight is 322 g/mol. The molecule has 2 atom stereocenters. The van der Waals surface area contributed by atoms with Crippen molar-refractivity contribution in [3.8, 4) is 5.75 Å². The second kappa shape index (κ2) is 5.97. The molecule has 2 aromatic rings. The highest BCUT2D eigenvalue weighted by Crippen LogP contribution is 2.44. The van der Waals surface area contributed by atoms with Crippen LogP contribution >= 0.6 is 0 Å². The highest BCUT2D eigenvalue weighted by Gasteiger charge is 2.43. The van der Waals surface area contributed by atoms with Gasteiger partial charge in [-0.25, -0.2) is 4.79 Å². The van der Waals surface area contributed by atoms with Crippen LogP contribution < -0.4 is 10.4 Å². The maximum absolute atomic E-state index is 12.0. The monoisotopic (exact) mass is 322 g/mol. The lowest BCUT2D eigenvalue weighted by atomic mass is 9.71. The van der Waals surface area contributed by atoms with E-state index >= 15 is 0 Å². The van der Waals surface area contributed by atoms with Gasteiger partial charge in [0.25, 0.3) is 0 Å². The molecule has 4 rings (SSSR count). The van der Waals surface area contributed by atoms with Gasteiger partial charge >= 0.3 is 5.63 Å². The highest BCUT2D eigenvalue weighted by molar-refractivity contribution is 5.60. The third kappa shape index (κ3) is 2.68. The zero-order valence-corrected chi connectivity index (χ0v) is 14.0. The van der Waals surface area contributed by atoms with Gasteiger partial charge in [-0.05, 0) is 50.3 Å². The minimum atomic E-state index is -0.313. The summed E-state index contributed by atoms with van der Waals surface area (Å²) in [5.74, 6) is 1.69. The van der Waals surface area contributed by atoms with Crippen LogP contribution in [0.3, 0.4) is 0 Å². The van der Waals surface area contributed by atoms with Gasteiger partial charge in [-0.15, -0.1) is 0 Å². The Morgan fingerprint density at radius 2 is 2.04 bits per heavy atom. The van der Waals surface area contributed by atoms with Crippen LogP contribution in [0, 0.1) is 12.8 Å². The Bertz CT molecular complexity index is 819. The first-order valence-electron chi connectivity index (χ1n) is 8.73. The van der Waals surface area contributed by atoms with Gasteiger partial charge in [-0.3, -0.25) is 0 Å². The van der Waals surface area contributed by atoms with E-state index in [9.17, 15) is 4.79 Å². The summed E-state index contributed by atoms with van der Waals surface area (Å²) < 4.78 is 11.6. The van der Waals surface area contributed by atoms with Gasteiger partial charge in [-0.1, -0.05) is 36.8 Å². The summed E-state index contributed by atoms with van der Waals surface area (Å²) >= 11 is 0. The predicted octanol–water partition coefficient (Wildman–Crippen LogP) is 4.53. The Balaban J connectivity index is 1.69. The second-order valence-corrected chi connectivity index (χ2v) is 6.95. The van der Waals surface area contributed by atoms with Crippen LogP contribution in [-0.4, -0.2) is 5.60 Å². The van der Waals surface area contributed by atoms with Gasteiger partial charge in [0.05, 0.1) is 0 Å². The molecule has 2 heterocycles. The molecule has 0 amide bonds. The molecule has 24 heavy (non-hydrogen) atoms. The van der Waals surface area contributed by atoms with Crippen LogP contribution in [0.25, 0.3) is 6.08 Å². The lowest BCUT2D eigenvalue weighted by molar-refractivity contribution is 0.0168. The molecule has 124 valence electrons. The molecule has 1 aliphatic carbocycles. The molecule has 0 unspecified atom stereocenters. The Hall–Kier alpha value is -2.29. The smallest absolute Gasteiger partial charge is 0.346 e. The summed E-state index contributed by atoms with van der Waals surface area (Å²) in [6, 6.07) is 12.4. The molecule has 0 saturated heterocycles. The van der Waals surface area contributed by atoms with E-state index in [2.05, 4.69) is 36.4 Å². The van der Waals surface area contributed by atoms with Crippen molar-refractivity contribution in [2.24, 2.45) is 5.92 Å². The second-order valence-electron chi connectivity index (χ2n) is 6.95. The van der Waals surface area contributed by atoms with Crippen molar-refractivity contribution in [1.82, 2.24) is 0 Å². The maximum Gasteiger partial charge on any atom is 0.346 e. The van der Waals surface area contributed by atoms with Crippen LogP contribution in [0.1, 0.15) is 42.6 Å². The van der Waals surface area contributed by atoms with Gasteiger partial charge in [0.2, 0.25) is 0 Å². The Labute approximate surface area is 142 Å².